The van der Waals surface area contributed by atoms with Gasteiger partial charge in [0.05, 0.1) is 5.69 Å². The van der Waals surface area contributed by atoms with Crippen molar-refractivity contribution >= 4 is 40.3 Å². The van der Waals surface area contributed by atoms with E-state index in [1.165, 1.54) is 0 Å². The van der Waals surface area contributed by atoms with Crippen molar-refractivity contribution in [2.75, 3.05) is 36.4 Å². The van der Waals surface area contributed by atoms with Gasteiger partial charge in [0.1, 0.15) is 5.52 Å². The molecule has 124 valence electrons. The number of anilines is 2. The van der Waals surface area contributed by atoms with Crippen LogP contribution in [0, 0.1) is 5.92 Å². The van der Waals surface area contributed by atoms with Crippen LogP contribution in [0.2, 0.25) is 5.02 Å². The summed E-state index contributed by atoms with van der Waals surface area (Å²) in [5.74, 6) is -0.200. The third-order valence-electron chi connectivity index (χ3n) is 3.84. The lowest BCUT2D eigenvalue weighted by Crippen LogP contribution is -2.27. The minimum Gasteiger partial charge on any atom is -0.421 e. The van der Waals surface area contributed by atoms with Crippen molar-refractivity contribution in [1.82, 2.24) is 10.3 Å². The average Bonchev–Trinajstić information content (AvgIpc) is 2.74. The molecule has 3 rings (SSSR count). The van der Waals surface area contributed by atoms with Crippen molar-refractivity contribution in [1.29, 1.82) is 0 Å². The summed E-state index contributed by atoms with van der Waals surface area (Å²) >= 11 is 6.15. The lowest BCUT2D eigenvalue weighted by atomic mass is 10.2. The van der Waals surface area contributed by atoms with E-state index in [9.17, 15) is 4.79 Å². The fourth-order valence-corrected chi connectivity index (χ4v) is 2.74. The summed E-state index contributed by atoms with van der Waals surface area (Å²) in [7, 11) is 0. The number of nitrogens with zero attached hydrogens (tertiary/aromatic N) is 2. The van der Waals surface area contributed by atoms with Gasteiger partial charge in [-0.1, -0.05) is 25.4 Å². The first-order chi connectivity index (χ1) is 11.0. The highest BCUT2D eigenvalue weighted by molar-refractivity contribution is 6.31. The minimum absolute atomic E-state index is 0.0783. The normalized spacial score (nSPS) is 15.9. The zero-order chi connectivity index (χ0) is 16.4. The molecule has 1 aliphatic rings. The number of fused-ring (bicyclic) bond motifs is 1. The lowest BCUT2D eigenvalue weighted by Gasteiger charge is -2.16. The summed E-state index contributed by atoms with van der Waals surface area (Å²) < 4.78 is 5.94. The highest BCUT2D eigenvalue weighted by Gasteiger charge is 2.19. The largest absolute Gasteiger partial charge is 0.421 e. The molecular formula is C16H21ClN4O2. The van der Waals surface area contributed by atoms with Gasteiger partial charge in [0, 0.05) is 30.6 Å². The van der Waals surface area contributed by atoms with E-state index in [0.717, 1.165) is 32.6 Å². The summed E-state index contributed by atoms with van der Waals surface area (Å²) in [6.07, 6.45) is 1.04. The van der Waals surface area contributed by atoms with Gasteiger partial charge in [0.15, 0.2) is 5.58 Å². The van der Waals surface area contributed by atoms with Crippen molar-refractivity contribution in [3.63, 3.8) is 0 Å². The van der Waals surface area contributed by atoms with Gasteiger partial charge < -0.3 is 20.0 Å². The Labute approximate surface area is 140 Å². The molecule has 2 N–H and O–H groups in total. The molecule has 2 heterocycles. The van der Waals surface area contributed by atoms with E-state index >= 15 is 0 Å². The Balaban J connectivity index is 1.96. The number of hydrogen-bond acceptors (Lipinski definition) is 5. The molecule has 23 heavy (non-hydrogen) atoms. The van der Waals surface area contributed by atoms with E-state index in [1.807, 2.05) is 13.8 Å². The van der Waals surface area contributed by atoms with Crippen molar-refractivity contribution in [3.05, 3.63) is 17.2 Å². The van der Waals surface area contributed by atoms with Crippen LogP contribution in [0.4, 0.5) is 11.7 Å². The lowest BCUT2D eigenvalue weighted by molar-refractivity contribution is -0.118. The molecule has 7 heteroatoms. The van der Waals surface area contributed by atoms with Crippen LogP contribution in [-0.2, 0) is 4.79 Å². The molecule has 0 radical (unpaired) electrons. The summed E-state index contributed by atoms with van der Waals surface area (Å²) in [6, 6.07) is 4.03. The molecule has 0 saturated carbocycles. The van der Waals surface area contributed by atoms with Crippen molar-refractivity contribution in [2.24, 2.45) is 5.92 Å². The van der Waals surface area contributed by atoms with Gasteiger partial charge in [-0.25, -0.2) is 0 Å². The molecule has 0 spiro atoms. The van der Waals surface area contributed by atoms with E-state index in [1.54, 1.807) is 12.1 Å². The fraction of sp³-hybridized carbons (Fsp3) is 0.500. The van der Waals surface area contributed by atoms with E-state index < -0.39 is 0 Å². The smallest absolute Gasteiger partial charge is 0.298 e. The number of rotatable bonds is 3. The molecule has 6 nitrogen and oxygen atoms in total. The van der Waals surface area contributed by atoms with Crippen molar-refractivity contribution < 1.29 is 9.21 Å². The molecule has 1 aromatic carbocycles. The highest BCUT2D eigenvalue weighted by atomic mass is 35.5. The predicted octanol–water partition coefficient (Wildman–Crippen LogP) is 2.88. The second-order valence-corrected chi connectivity index (χ2v) is 6.47. The molecule has 1 aliphatic heterocycles. The van der Waals surface area contributed by atoms with Crippen LogP contribution in [0.3, 0.4) is 0 Å². The summed E-state index contributed by atoms with van der Waals surface area (Å²) in [6.45, 7) is 7.31. The summed E-state index contributed by atoms with van der Waals surface area (Å²) in [4.78, 5) is 18.6. The number of benzene rings is 1. The Morgan fingerprint density at radius 1 is 1.39 bits per heavy atom. The maximum atomic E-state index is 12.0. The first-order valence-corrected chi connectivity index (χ1v) is 8.29. The molecule has 0 atom stereocenters. The van der Waals surface area contributed by atoms with Crippen LogP contribution in [0.1, 0.15) is 20.3 Å². The maximum absolute atomic E-state index is 12.0. The zero-order valence-corrected chi connectivity index (χ0v) is 14.1. The number of halogens is 1. The van der Waals surface area contributed by atoms with Gasteiger partial charge in [-0.05, 0) is 25.1 Å². The molecule has 2 aromatic rings. The molecule has 1 amide bonds. The third kappa shape index (κ3) is 3.59. The fourth-order valence-electron chi connectivity index (χ4n) is 2.53. The van der Waals surface area contributed by atoms with Gasteiger partial charge >= 0.3 is 0 Å². The summed E-state index contributed by atoms with van der Waals surface area (Å²) in [5.41, 5.74) is 1.79. The van der Waals surface area contributed by atoms with Gasteiger partial charge in [-0.15, -0.1) is 0 Å². The first kappa shape index (κ1) is 16.1. The summed E-state index contributed by atoms with van der Waals surface area (Å²) in [5, 5.41) is 6.74. The van der Waals surface area contributed by atoms with Crippen LogP contribution in [0.5, 0.6) is 0 Å². The zero-order valence-electron chi connectivity index (χ0n) is 13.4. The molecule has 1 aromatic heterocycles. The Morgan fingerprint density at radius 3 is 3.00 bits per heavy atom. The number of amides is 1. The molecule has 0 bridgehead atoms. The highest BCUT2D eigenvalue weighted by Crippen LogP contribution is 2.32. The van der Waals surface area contributed by atoms with Gasteiger partial charge in [-0.2, -0.15) is 4.98 Å². The van der Waals surface area contributed by atoms with Gasteiger partial charge in [-0.3, -0.25) is 4.79 Å². The SMILES string of the molecule is CC(C)C(=O)Nc1cc(Cl)cc2nc(N3CCCNCC3)oc12. The third-order valence-corrected chi connectivity index (χ3v) is 4.05. The van der Waals surface area contributed by atoms with E-state index in [2.05, 4.69) is 20.5 Å². The quantitative estimate of drug-likeness (QED) is 0.902. The Kier molecular flexibility index (Phi) is 4.73. The van der Waals surface area contributed by atoms with E-state index in [0.29, 0.717) is 27.8 Å². The van der Waals surface area contributed by atoms with E-state index in [4.69, 9.17) is 16.0 Å². The molecular weight excluding hydrogens is 316 g/mol. The standard InChI is InChI=1S/C16H21ClN4O2/c1-10(2)15(22)19-12-8-11(17)9-13-14(12)23-16(20-13)21-6-3-4-18-5-7-21/h8-10,18H,3-7H2,1-2H3,(H,19,22). The second kappa shape index (κ2) is 6.76. The minimum atomic E-state index is -0.122. The number of aromatic nitrogens is 1. The Bertz CT molecular complexity index is 705. The van der Waals surface area contributed by atoms with Crippen LogP contribution < -0.4 is 15.5 Å². The van der Waals surface area contributed by atoms with E-state index in [-0.39, 0.29) is 11.8 Å². The number of nitrogens with one attached hydrogen (secondary N) is 2. The average molecular weight is 337 g/mol. The predicted molar refractivity (Wildman–Crippen MR) is 92.2 cm³/mol. The van der Waals surface area contributed by atoms with Crippen LogP contribution in [-0.4, -0.2) is 37.1 Å². The van der Waals surface area contributed by atoms with Crippen LogP contribution in [0.15, 0.2) is 16.5 Å². The van der Waals surface area contributed by atoms with Crippen LogP contribution >= 0.6 is 11.6 Å². The molecule has 1 fully saturated rings. The number of oxazole rings is 1. The topological polar surface area (TPSA) is 70.4 Å². The van der Waals surface area contributed by atoms with Gasteiger partial charge in [0.2, 0.25) is 5.91 Å². The molecule has 0 aliphatic carbocycles. The number of carbonyl (C=O) groups excluding carboxylic acids is 1. The number of carbonyl (C=O) groups is 1. The maximum Gasteiger partial charge on any atom is 0.298 e. The second-order valence-electron chi connectivity index (χ2n) is 6.03. The molecule has 0 unspecified atom stereocenters. The Hall–Kier alpha value is -1.79. The monoisotopic (exact) mass is 336 g/mol. The van der Waals surface area contributed by atoms with Crippen LogP contribution in [0.25, 0.3) is 11.1 Å². The van der Waals surface area contributed by atoms with Crippen molar-refractivity contribution in [3.8, 4) is 0 Å². The Morgan fingerprint density at radius 2 is 2.22 bits per heavy atom. The van der Waals surface area contributed by atoms with Crippen molar-refractivity contribution in [2.45, 2.75) is 20.3 Å². The molecule has 1 saturated heterocycles. The first-order valence-electron chi connectivity index (χ1n) is 7.91. The number of hydrogen-bond donors (Lipinski definition) is 2. The van der Waals surface area contributed by atoms with Gasteiger partial charge in [0.25, 0.3) is 6.01 Å².